The standard InChI is InChI=1S/C8H12OS/c1-2-10-8-6-4-3-5-7(8)9/h3,5,8H,2,4,6H2,1H3. The Kier molecular flexibility index (Phi) is 3.00. The number of thioether (sulfide) groups is 1. The molecule has 10 heavy (non-hydrogen) atoms. The second kappa shape index (κ2) is 3.81. The maximum absolute atomic E-state index is 11.1. The molecular formula is C8H12OS. The van der Waals surface area contributed by atoms with Crippen molar-refractivity contribution in [3.63, 3.8) is 0 Å². The number of hydrogen-bond donors (Lipinski definition) is 0. The zero-order valence-corrected chi connectivity index (χ0v) is 6.99. The van der Waals surface area contributed by atoms with Gasteiger partial charge in [0.2, 0.25) is 0 Å². The summed E-state index contributed by atoms with van der Waals surface area (Å²) in [4.78, 5) is 11.1. The van der Waals surface area contributed by atoms with Crippen molar-refractivity contribution in [2.75, 3.05) is 5.75 Å². The summed E-state index contributed by atoms with van der Waals surface area (Å²) in [6, 6.07) is 0. The topological polar surface area (TPSA) is 17.1 Å². The third-order valence-corrected chi connectivity index (χ3v) is 2.77. The van der Waals surface area contributed by atoms with Crippen LogP contribution in [-0.4, -0.2) is 16.8 Å². The van der Waals surface area contributed by atoms with E-state index in [4.69, 9.17) is 0 Å². The summed E-state index contributed by atoms with van der Waals surface area (Å²) < 4.78 is 0. The maximum Gasteiger partial charge on any atom is 0.168 e. The van der Waals surface area contributed by atoms with E-state index in [1.54, 1.807) is 17.8 Å². The van der Waals surface area contributed by atoms with E-state index in [9.17, 15) is 4.79 Å². The van der Waals surface area contributed by atoms with E-state index in [-0.39, 0.29) is 5.25 Å². The number of rotatable bonds is 2. The fourth-order valence-corrected chi connectivity index (χ4v) is 2.01. The van der Waals surface area contributed by atoms with Gasteiger partial charge in [0.1, 0.15) is 0 Å². The number of hydrogen-bond acceptors (Lipinski definition) is 2. The lowest BCUT2D eigenvalue weighted by atomic mass is 10.1. The van der Waals surface area contributed by atoms with Gasteiger partial charge in [0.05, 0.1) is 5.25 Å². The predicted molar refractivity (Wildman–Crippen MR) is 45.3 cm³/mol. The number of ketones is 1. The van der Waals surface area contributed by atoms with Gasteiger partial charge in [-0.1, -0.05) is 13.0 Å². The molecule has 0 aromatic carbocycles. The van der Waals surface area contributed by atoms with Crippen molar-refractivity contribution in [3.05, 3.63) is 12.2 Å². The summed E-state index contributed by atoms with van der Waals surface area (Å²) in [6.45, 7) is 2.09. The van der Waals surface area contributed by atoms with Crippen molar-refractivity contribution in [1.29, 1.82) is 0 Å². The van der Waals surface area contributed by atoms with Crippen LogP contribution in [0.5, 0.6) is 0 Å². The summed E-state index contributed by atoms with van der Waals surface area (Å²) in [5.41, 5.74) is 0. The average molecular weight is 156 g/mol. The first-order valence-electron chi connectivity index (χ1n) is 3.66. The molecule has 2 heteroatoms. The Labute approximate surface area is 65.9 Å². The lowest BCUT2D eigenvalue weighted by Gasteiger charge is -2.14. The molecule has 1 nitrogen and oxygen atoms in total. The highest BCUT2D eigenvalue weighted by Gasteiger charge is 2.17. The molecule has 0 aliphatic heterocycles. The molecule has 0 bridgehead atoms. The largest absolute Gasteiger partial charge is 0.294 e. The summed E-state index contributed by atoms with van der Waals surface area (Å²) in [7, 11) is 0. The molecule has 1 unspecified atom stereocenters. The van der Waals surface area contributed by atoms with Crippen LogP contribution in [0.15, 0.2) is 12.2 Å². The fourth-order valence-electron chi connectivity index (χ4n) is 1.06. The predicted octanol–water partition coefficient (Wildman–Crippen LogP) is 2.03. The van der Waals surface area contributed by atoms with E-state index in [0.717, 1.165) is 18.6 Å². The second-order valence-electron chi connectivity index (χ2n) is 2.33. The minimum absolute atomic E-state index is 0.259. The summed E-state index contributed by atoms with van der Waals surface area (Å²) in [5.74, 6) is 1.35. The number of carbonyl (C=O) groups excluding carboxylic acids is 1. The lowest BCUT2D eigenvalue weighted by Crippen LogP contribution is -2.17. The molecule has 0 aromatic rings. The smallest absolute Gasteiger partial charge is 0.168 e. The zero-order chi connectivity index (χ0) is 7.40. The van der Waals surface area contributed by atoms with Gasteiger partial charge in [-0.05, 0) is 24.7 Å². The summed E-state index contributed by atoms with van der Waals surface area (Å²) in [6.07, 6.45) is 5.79. The van der Waals surface area contributed by atoms with Gasteiger partial charge in [-0.3, -0.25) is 4.79 Å². The molecule has 0 fully saturated rings. The summed E-state index contributed by atoms with van der Waals surface area (Å²) in [5, 5.41) is 0.259. The molecule has 0 radical (unpaired) electrons. The van der Waals surface area contributed by atoms with Crippen molar-refractivity contribution < 1.29 is 4.79 Å². The minimum Gasteiger partial charge on any atom is -0.294 e. The van der Waals surface area contributed by atoms with Crippen LogP contribution in [0, 0.1) is 0 Å². The normalized spacial score (nSPS) is 25.3. The minimum atomic E-state index is 0.259. The van der Waals surface area contributed by atoms with Crippen molar-refractivity contribution in [2.45, 2.75) is 25.0 Å². The number of carbonyl (C=O) groups is 1. The van der Waals surface area contributed by atoms with E-state index in [1.165, 1.54) is 0 Å². The Morgan fingerprint density at radius 1 is 1.80 bits per heavy atom. The van der Waals surface area contributed by atoms with Crippen LogP contribution in [0.25, 0.3) is 0 Å². The Morgan fingerprint density at radius 2 is 2.60 bits per heavy atom. The van der Waals surface area contributed by atoms with Gasteiger partial charge in [-0.25, -0.2) is 0 Å². The molecule has 0 N–H and O–H groups in total. The molecule has 1 atom stereocenters. The highest BCUT2D eigenvalue weighted by atomic mass is 32.2. The van der Waals surface area contributed by atoms with Gasteiger partial charge >= 0.3 is 0 Å². The molecule has 56 valence electrons. The molecule has 0 saturated heterocycles. The van der Waals surface area contributed by atoms with Gasteiger partial charge in [0, 0.05) is 0 Å². The van der Waals surface area contributed by atoms with Crippen LogP contribution in [0.4, 0.5) is 0 Å². The molecule has 1 aliphatic carbocycles. The molecule has 1 rings (SSSR count). The van der Waals surface area contributed by atoms with Gasteiger partial charge in [-0.2, -0.15) is 11.8 Å². The average Bonchev–Trinajstić information content (AvgIpc) is 1.94. The van der Waals surface area contributed by atoms with Crippen LogP contribution in [0.1, 0.15) is 19.8 Å². The SMILES string of the molecule is CCSC1CCC=CC1=O. The van der Waals surface area contributed by atoms with Gasteiger partial charge in [-0.15, -0.1) is 0 Å². The van der Waals surface area contributed by atoms with Crippen LogP contribution in [0.3, 0.4) is 0 Å². The van der Waals surface area contributed by atoms with Crippen molar-refractivity contribution >= 4 is 17.5 Å². The highest BCUT2D eigenvalue weighted by Crippen LogP contribution is 2.20. The van der Waals surface area contributed by atoms with Crippen LogP contribution >= 0.6 is 11.8 Å². The maximum atomic E-state index is 11.1. The van der Waals surface area contributed by atoms with E-state index in [2.05, 4.69) is 6.92 Å². The van der Waals surface area contributed by atoms with Crippen molar-refractivity contribution in [2.24, 2.45) is 0 Å². The third-order valence-electron chi connectivity index (χ3n) is 1.56. The number of allylic oxidation sites excluding steroid dienone is 2. The van der Waals surface area contributed by atoms with Gasteiger partial charge < -0.3 is 0 Å². The molecule has 0 amide bonds. The Hall–Kier alpha value is -0.240. The fraction of sp³-hybridized carbons (Fsp3) is 0.625. The Morgan fingerprint density at radius 3 is 3.20 bits per heavy atom. The van der Waals surface area contributed by atoms with E-state index < -0.39 is 0 Å². The third kappa shape index (κ3) is 1.87. The first-order chi connectivity index (χ1) is 4.84. The van der Waals surface area contributed by atoms with Crippen LogP contribution < -0.4 is 0 Å². The highest BCUT2D eigenvalue weighted by molar-refractivity contribution is 8.00. The van der Waals surface area contributed by atoms with Crippen molar-refractivity contribution in [3.8, 4) is 0 Å². The molecule has 1 aliphatic rings. The van der Waals surface area contributed by atoms with Crippen molar-refractivity contribution in [1.82, 2.24) is 0 Å². The first kappa shape index (κ1) is 7.86. The summed E-state index contributed by atoms with van der Waals surface area (Å²) >= 11 is 1.76. The Balaban J connectivity index is 2.44. The zero-order valence-electron chi connectivity index (χ0n) is 6.17. The molecule has 0 aromatic heterocycles. The van der Waals surface area contributed by atoms with Gasteiger partial charge in [0.25, 0.3) is 0 Å². The first-order valence-corrected chi connectivity index (χ1v) is 4.71. The molecule has 0 saturated carbocycles. The molecular weight excluding hydrogens is 144 g/mol. The van der Waals surface area contributed by atoms with Crippen LogP contribution in [-0.2, 0) is 4.79 Å². The van der Waals surface area contributed by atoms with E-state index >= 15 is 0 Å². The van der Waals surface area contributed by atoms with Gasteiger partial charge in [0.15, 0.2) is 5.78 Å². The second-order valence-corrected chi connectivity index (χ2v) is 3.81. The van der Waals surface area contributed by atoms with Crippen LogP contribution in [0.2, 0.25) is 0 Å². The van der Waals surface area contributed by atoms with E-state index in [1.807, 2.05) is 6.08 Å². The van der Waals surface area contributed by atoms with E-state index in [0.29, 0.717) is 5.78 Å². The Bertz CT molecular complexity index is 151. The quantitative estimate of drug-likeness (QED) is 0.608. The molecule has 0 spiro atoms. The lowest BCUT2D eigenvalue weighted by molar-refractivity contribution is -0.114. The monoisotopic (exact) mass is 156 g/mol. The molecule has 0 heterocycles.